The number of aryl methyl sites for hydroxylation is 1. The number of benzene rings is 5. The molecule has 0 spiro atoms. The first-order valence-corrected chi connectivity index (χ1v) is 32.5. The van der Waals surface area contributed by atoms with Crippen molar-refractivity contribution in [2.45, 2.75) is 128 Å². The molecule has 4 aliphatic heterocycles. The van der Waals surface area contributed by atoms with Gasteiger partial charge in [0.25, 0.3) is 21.9 Å². The Morgan fingerprint density at radius 2 is 1.28 bits per heavy atom. The number of ketones is 2. The minimum atomic E-state index is -4.01. The number of methoxy groups -OCH3 is 1. The fourth-order valence-electron chi connectivity index (χ4n) is 11.7. The van der Waals surface area contributed by atoms with Gasteiger partial charge in [-0.2, -0.15) is 8.42 Å². The minimum Gasteiger partial charge on any atom is -0.493 e. The van der Waals surface area contributed by atoms with E-state index in [4.69, 9.17) is 14.2 Å². The number of nitrogens with zero attached hydrogens (tertiary/aromatic N) is 4. The molecule has 4 heterocycles. The zero-order valence-corrected chi connectivity index (χ0v) is 52.4. The predicted molar refractivity (Wildman–Crippen MR) is 335 cm³/mol. The van der Waals surface area contributed by atoms with Gasteiger partial charge >= 0.3 is 0 Å². The van der Waals surface area contributed by atoms with Crippen molar-refractivity contribution in [3.8, 4) is 17.2 Å². The molecule has 0 saturated carbocycles. The molecule has 0 aromatic heterocycles. The first kappa shape index (κ1) is 62.5. The van der Waals surface area contributed by atoms with Crippen molar-refractivity contribution in [2.75, 3.05) is 72.1 Å². The number of amides is 4. The number of carbonyl (C=O) groups is 6. The van der Waals surface area contributed by atoms with Crippen LogP contribution in [0.25, 0.3) is 0 Å². The van der Waals surface area contributed by atoms with Gasteiger partial charge in [-0.1, -0.05) is 71.8 Å². The summed E-state index contributed by atoms with van der Waals surface area (Å²) in [5.74, 6) is -0.661. The summed E-state index contributed by atoms with van der Waals surface area (Å²) in [4.78, 5) is 89.8. The third-order valence-electron chi connectivity index (χ3n) is 16.3. The molecule has 0 saturated heterocycles. The van der Waals surface area contributed by atoms with Gasteiger partial charge < -0.3 is 44.4 Å². The SMILES string of the molecule is CCC(=O)C(CCSSC(C)(C)CCC(=O)N[C@@H](C)C(=O)C[C@@H](C)C(=O)Nc1cc(COc2cc3c(cc2C)C(=O)N2c4ccccc4C[C@H]2CN3C)cc(COc2cc3c(cc2OC)C(=O)N2c4ccccc4C[C@H]2CN3C)c1)S(=O)(=O)OC. The molecular formula is C64H76N6O12S3. The van der Waals surface area contributed by atoms with Crippen molar-refractivity contribution in [1.29, 1.82) is 0 Å². The average Bonchev–Trinajstić information content (AvgIpc) is 3.69. The number of hydrogen-bond acceptors (Lipinski definition) is 16. The number of para-hydroxylation sites is 2. The van der Waals surface area contributed by atoms with Crippen molar-refractivity contribution in [2.24, 2.45) is 5.92 Å². The van der Waals surface area contributed by atoms with Crippen LogP contribution in [-0.4, -0.2) is 119 Å². The number of ether oxygens (including phenoxy) is 3. The molecule has 2 N–H and O–H groups in total. The summed E-state index contributed by atoms with van der Waals surface area (Å²) >= 11 is 0. The van der Waals surface area contributed by atoms with Crippen LogP contribution in [0.2, 0.25) is 0 Å². The second-order valence-electron chi connectivity index (χ2n) is 23.1. The molecule has 452 valence electrons. The molecule has 18 nitrogen and oxygen atoms in total. The maximum atomic E-state index is 14.3. The monoisotopic (exact) mass is 1220 g/mol. The van der Waals surface area contributed by atoms with E-state index in [-0.39, 0.29) is 74.5 Å². The largest absolute Gasteiger partial charge is 0.493 e. The van der Waals surface area contributed by atoms with Crippen LogP contribution in [0.15, 0.2) is 91.0 Å². The number of Topliss-reactive ketones (excluding diaryl/α,β-unsaturated/α-hetero) is 2. The third kappa shape index (κ3) is 14.0. The first-order chi connectivity index (χ1) is 40.5. The summed E-state index contributed by atoms with van der Waals surface area (Å²) < 4.78 is 47.9. The van der Waals surface area contributed by atoms with Crippen molar-refractivity contribution in [3.05, 3.63) is 130 Å². The maximum Gasteiger partial charge on any atom is 0.277 e. The fourth-order valence-corrected chi connectivity index (χ4v) is 15.6. The molecule has 85 heavy (non-hydrogen) atoms. The summed E-state index contributed by atoms with van der Waals surface area (Å²) in [6.07, 6.45) is 2.12. The Bertz CT molecular complexity index is 3520. The summed E-state index contributed by atoms with van der Waals surface area (Å²) in [7, 11) is 5.44. The van der Waals surface area contributed by atoms with Crippen LogP contribution in [0.3, 0.4) is 0 Å². The van der Waals surface area contributed by atoms with Crippen LogP contribution >= 0.6 is 21.6 Å². The van der Waals surface area contributed by atoms with E-state index in [1.807, 2.05) is 105 Å². The number of anilines is 5. The van der Waals surface area contributed by atoms with E-state index in [0.29, 0.717) is 76.1 Å². The van der Waals surface area contributed by atoms with Crippen molar-refractivity contribution in [3.63, 3.8) is 0 Å². The Hall–Kier alpha value is -7.07. The number of fused-ring (bicyclic) bond motifs is 8. The zero-order chi connectivity index (χ0) is 61.1. The molecule has 0 aliphatic carbocycles. The lowest BCUT2D eigenvalue weighted by Crippen LogP contribution is -2.41. The van der Waals surface area contributed by atoms with E-state index in [2.05, 4.69) is 36.7 Å². The summed E-state index contributed by atoms with van der Waals surface area (Å²) in [5, 5.41) is 4.58. The average molecular weight is 1220 g/mol. The van der Waals surface area contributed by atoms with Crippen LogP contribution in [0.1, 0.15) is 115 Å². The van der Waals surface area contributed by atoms with Crippen molar-refractivity contribution in [1.82, 2.24) is 5.32 Å². The highest BCUT2D eigenvalue weighted by atomic mass is 33.1. The number of likely N-dealkylation sites (N-methyl/N-ethyl adjacent to an activating group) is 2. The van der Waals surface area contributed by atoms with E-state index in [1.165, 1.54) is 28.7 Å². The number of nitrogens with one attached hydrogen (secondary N) is 2. The van der Waals surface area contributed by atoms with Gasteiger partial charge in [0.1, 0.15) is 24.2 Å². The second kappa shape index (κ2) is 26.3. The third-order valence-corrected chi connectivity index (χ3v) is 21.4. The van der Waals surface area contributed by atoms with Crippen LogP contribution in [0.4, 0.5) is 28.4 Å². The summed E-state index contributed by atoms with van der Waals surface area (Å²) in [6.45, 7) is 12.1. The molecule has 0 bridgehead atoms. The predicted octanol–water partition coefficient (Wildman–Crippen LogP) is 9.90. The van der Waals surface area contributed by atoms with Crippen LogP contribution in [0.5, 0.6) is 17.2 Å². The lowest BCUT2D eigenvalue weighted by molar-refractivity contribution is -0.129. The van der Waals surface area contributed by atoms with Gasteiger partial charge in [-0.15, -0.1) is 0 Å². The van der Waals surface area contributed by atoms with Gasteiger partial charge in [-0.05, 0) is 124 Å². The van der Waals surface area contributed by atoms with E-state index >= 15 is 0 Å². The Labute approximate surface area is 506 Å². The molecule has 9 rings (SSSR count). The van der Waals surface area contributed by atoms with Gasteiger partial charge in [0.15, 0.2) is 23.1 Å². The minimum absolute atomic E-state index is 0.0170. The number of carbonyl (C=O) groups excluding carboxylic acids is 6. The second-order valence-corrected chi connectivity index (χ2v) is 28.1. The van der Waals surface area contributed by atoms with Gasteiger partial charge in [0.2, 0.25) is 11.8 Å². The van der Waals surface area contributed by atoms with E-state index in [0.717, 1.165) is 53.7 Å². The summed E-state index contributed by atoms with van der Waals surface area (Å²) in [6, 6.07) is 28.0. The number of rotatable bonds is 25. The van der Waals surface area contributed by atoms with Gasteiger partial charge in [-0.25, -0.2) is 0 Å². The molecule has 0 fully saturated rings. The smallest absolute Gasteiger partial charge is 0.277 e. The highest BCUT2D eigenvalue weighted by Gasteiger charge is 2.41. The molecular weight excluding hydrogens is 1140 g/mol. The van der Waals surface area contributed by atoms with E-state index in [1.54, 1.807) is 39.0 Å². The molecule has 4 amide bonds. The van der Waals surface area contributed by atoms with Crippen LogP contribution < -0.4 is 44.4 Å². The molecule has 4 aliphatic rings. The normalized spacial score (nSPS) is 17.2. The van der Waals surface area contributed by atoms with Gasteiger partial charge in [-0.3, -0.25) is 33.0 Å². The van der Waals surface area contributed by atoms with Crippen LogP contribution in [0, 0.1) is 12.8 Å². The number of hydrogen-bond donors (Lipinski definition) is 2. The summed E-state index contributed by atoms with van der Waals surface area (Å²) in [5.41, 5.74) is 9.28. The van der Waals surface area contributed by atoms with Crippen LogP contribution in [-0.2, 0) is 59.5 Å². The fraction of sp³-hybridized carbons (Fsp3) is 0.438. The highest BCUT2D eigenvalue weighted by Crippen LogP contribution is 2.44. The molecule has 5 aromatic carbocycles. The highest BCUT2D eigenvalue weighted by molar-refractivity contribution is 8.77. The standard InChI is InChI=1S/C64H76N6O12S3/c1-11-54(71)59(85(77,78)80-10)21-23-83-84-64(5,6)22-20-60(73)65-40(4)55(72)25-39(3)61(74)66-45-27-41(36-81-56-32-52-48(24-38(56)2)62(75)69-46(34-67(52)7)29-43-16-12-14-18-50(43)69)26-42(28-45)37-82-58-33-53-49(31-57(58)79-9)63(76)70-47(35-68(53)8)30-44-17-13-15-19-51(44)70/h12-19,24,26-28,31-33,39-40,46-47,59H,11,20-23,25,29-30,34-37H2,1-10H3,(H,65,73)(H,66,74)/t39-,40+,46+,47+,59?/m1/s1. The van der Waals surface area contributed by atoms with E-state index in [9.17, 15) is 37.2 Å². The maximum absolute atomic E-state index is 14.3. The van der Waals surface area contributed by atoms with E-state index < -0.39 is 43.8 Å². The quantitative estimate of drug-likeness (QED) is 0.0316. The van der Waals surface area contributed by atoms with Crippen molar-refractivity contribution >= 4 is 95.3 Å². The zero-order valence-electron chi connectivity index (χ0n) is 49.9. The topological polar surface area (TPSA) is 210 Å². The first-order valence-electron chi connectivity index (χ1n) is 28.8. The van der Waals surface area contributed by atoms with Gasteiger partial charge in [0, 0.05) is 92.1 Å². The molecule has 5 atom stereocenters. The lowest BCUT2D eigenvalue weighted by atomic mass is 9.99. The van der Waals surface area contributed by atoms with Crippen molar-refractivity contribution < 1.29 is 55.6 Å². The molecule has 0 radical (unpaired) electrons. The Morgan fingerprint density at radius 3 is 1.85 bits per heavy atom. The lowest BCUT2D eigenvalue weighted by Gasteiger charge is -2.25. The molecule has 1 unspecified atom stereocenters. The van der Waals surface area contributed by atoms with Gasteiger partial charge in [0.05, 0.1) is 54.8 Å². The molecule has 21 heteroatoms. The Balaban J connectivity index is 0.878. The Kier molecular flexibility index (Phi) is 19.3. The Morgan fingerprint density at radius 1 is 0.729 bits per heavy atom. The molecule has 5 aromatic rings.